The third-order valence-electron chi connectivity index (χ3n) is 4.62. The van der Waals surface area contributed by atoms with Crippen molar-refractivity contribution in [3.8, 4) is 0 Å². The van der Waals surface area contributed by atoms with Crippen LogP contribution in [-0.2, 0) is 22.4 Å². The standard InChI is InChI=1S/C18H26N2O4S/c1-3-4-11-5-6-12-13(9-11)25-18(16(12)17(19)24)20-14(21)7-10(2)8-15(22)23/h10-11H,3-9H2,1-2H3,(H2,19,24)(H,20,21)(H,22,23)/t10-,11+/m1/s1. The van der Waals surface area contributed by atoms with E-state index in [1.807, 2.05) is 0 Å². The van der Waals surface area contributed by atoms with E-state index in [0.717, 1.165) is 42.5 Å². The molecule has 0 bridgehead atoms. The lowest BCUT2D eigenvalue weighted by molar-refractivity contribution is -0.138. The van der Waals surface area contributed by atoms with Crippen LogP contribution in [-0.4, -0.2) is 22.9 Å². The number of carboxylic acids is 1. The van der Waals surface area contributed by atoms with Gasteiger partial charge in [-0.2, -0.15) is 0 Å². The number of nitrogens with one attached hydrogen (secondary N) is 1. The molecule has 0 saturated heterocycles. The molecule has 2 atom stereocenters. The Hall–Kier alpha value is -1.89. The maximum absolute atomic E-state index is 12.2. The average molecular weight is 366 g/mol. The summed E-state index contributed by atoms with van der Waals surface area (Å²) in [6, 6.07) is 0. The fraction of sp³-hybridized carbons (Fsp3) is 0.611. The molecule has 4 N–H and O–H groups in total. The molecular weight excluding hydrogens is 340 g/mol. The maximum Gasteiger partial charge on any atom is 0.303 e. The minimum atomic E-state index is -0.924. The molecule has 0 saturated carbocycles. The Kier molecular flexibility index (Phi) is 6.58. The SMILES string of the molecule is CCC[C@H]1CCc2c(sc(NC(=O)C[C@@H](C)CC(=O)O)c2C(N)=O)C1. The molecular formula is C18H26N2O4S. The molecule has 0 unspecified atom stereocenters. The summed E-state index contributed by atoms with van der Waals surface area (Å²) in [4.78, 5) is 36.0. The fourth-order valence-corrected chi connectivity index (χ4v) is 4.91. The van der Waals surface area contributed by atoms with E-state index in [4.69, 9.17) is 10.8 Å². The van der Waals surface area contributed by atoms with Crippen LogP contribution in [0.25, 0.3) is 0 Å². The van der Waals surface area contributed by atoms with Gasteiger partial charge in [-0.1, -0.05) is 26.7 Å². The second kappa shape index (κ2) is 8.47. The van der Waals surface area contributed by atoms with Gasteiger partial charge in [-0.15, -0.1) is 11.3 Å². The van der Waals surface area contributed by atoms with Gasteiger partial charge >= 0.3 is 5.97 Å². The highest BCUT2D eigenvalue weighted by molar-refractivity contribution is 7.17. The van der Waals surface area contributed by atoms with Crippen LogP contribution in [0, 0.1) is 11.8 Å². The van der Waals surface area contributed by atoms with Crippen LogP contribution < -0.4 is 11.1 Å². The molecule has 1 aromatic rings. The Morgan fingerprint density at radius 1 is 1.36 bits per heavy atom. The van der Waals surface area contributed by atoms with Crippen molar-refractivity contribution in [2.24, 2.45) is 17.6 Å². The number of nitrogens with two attached hydrogens (primary N) is 1. The molecule has 0 radical (unpaired) electrons. The fourth-order valence-electron chi connectivity index (χ4n) is 3.52. The van der Waals surface area contributed by atoms with E-state index in [-0.39, 0.29) is 24.7 Å². The average Bonchev–Trinajstić information content (AvgIpc) is 2.83. The van der Waals surface area contributed by atoms with Crippen molar-refractivity contribution in [2.75, 3.05) is 5.32 Å². The van der Waals surface area contributed by atoms with E-state index in [0.29, 0.717) is 16.5 Å². The van der Waals surface area contributed by atoms with Gasteiger partial charge in [-0.25, -0.2) is 0 Å². The number of fused-ring (bicyclic) bond motifs is 1. The molecule has 1 aromatic heterocycles. The molecule has 1 aliphatic carbocycles. The molecule has 0 aromatic carbocycles. The van der Waals surface area contributed by atoms with E-state index < -0.39 is 11.9 Å². The first-order valence-electron chi connectivity index (χ1n) is 8.77. The summed E-state index contributed by atoms with van der Waals surface area (Å²) < 4.78 is 0. The minimum absolute atomic E-state index is 0.0598. The molecule has 0 aliphatic heterocycles. The maximum atomic E-state index is 12.2. The number of carbonyl (C=O) groups excluding carboxylic acids is 2. The number of amides is 2. The van der Waals surface area contributed by atoms with E-state index in [1.165, 1.54) is 11.3 Å². The van der Waals surface area contributed by atoms with Crippen LogP contribution in [0.2, 0.25) is 0 Å². The lowest BCUT2D eigenvalue weighted by Gasteiger charge is -2.21. The van der Waals surface area contributed by atoms with Gasteiger partial charge in [0, 0.05) is 17.7 Å². The van der Waals surface area contributed by atoms with E-state index in [9.17, 15) is 14.4 Å². The number of anilines is 1. The molecule has 2 rings (SSSR count). The molecule has 0 fully saturated rings. The van der Waals surface area contributed by atoms with E-state index in [1.54, 1.807) is 6.92 Å². The van der Waals surface area contributed by atoms with Crippen LogP contribution in [0.5, 0.6) is 0 Å². The normalized spacial score (nSPS) is 17.6. The second-order valence-corrected chi connectivity index (χ2v) is 8.03. The summed E-state index contributed by atoms with van der Waals surface area (Å²) in [5.74, 6) is -1.36. The largest absolute Gasteiger partial charge is 0.481 e. The van der Waals surface area contributed by atoms with Crippen molar-refractivity contribution in [1.29, 1.82) is 0 Å². The van der Waals surface area contributed by atoms with E-state index >= 15 is 0 Å². The van der Waals surface area contributed by atoms with Crippen LogP contribution in [0.1, 0.15) is 66.8 Å². The van der Waals surface area contributed by atoms with Crippen molar-refractivity contribution in [3.63, 3.8) is 0 Å². The summed E-state index contributed by atoms with van der Waals surface area (Å²) in [5.41, 5.74) is 6.98. The lowest BCUT2D eigenvalue weighted by atomic mass is 9.84. The zero-order valence-electron chi connectivity index (χ0n) is 14.8. The Labute approximate surface area is 151 Å². The molecule has 1 heterocycles. The molecule has 6 nitrogen and oxygen atoms in total. The summed E-state index contributed by atoms with van der Waals surface area (Å²) >= 11 is 1.44. The Morgan fingerprint density at radius 3 is 2.68 bits per heavy atom. The van der Waals surface area contributed by atoms with E-state index in [2.05, 4.69) is 12.2 Å². The van der Waals surface area contributed by atoms with Gasteiger partial charge in [0.25, 0.3) is 5.91 Å². The summed E-state index contributed by atoms with van der Waals surface area (Å²) in [5, 5.41) is 12.1. The number of primary amides is 1. The van der Waals surface area contributed by atoms with Gasteiger partial charge in [0.2, 0.25) is 5.91 Å². The first-order chi connectivity index (χ1) is 11.8. The first kappa shape index (κ1) is 19.4. The third-order valence-corrected chi connectivity index (χ3v) is 5.79. The van der Waals surface area contributed by atoms with Gasteiger partial charge in [-0.3, -0.25) is 14.4 Å². The van der Waals surface area contributed by atoms with Gasteiger partial charge in [0.05, 0.1) is 5.56 Å². The predicted octanol–water partition coefficient (Wildman–Crippen LogP) is 3.19. The number of thiophene rings is 1. The van der Waals surface area contributed by atoms with Crippen molar-refractivity contribution in [2.45, 2.75) is 58.8 Å². The smallest absolute Gasteiger partial charge is 0.303 e. The topological polar surface area (TPSA) is 109 Å². The lowest BCUT2D eigenvalue weighted by Crippen LogP contribution is -2.21. The Bertz CT molecular complexity index is 668. The van der Waals surface area contributed by atoms with Crippen LogP contribution >= 0.6 is 11.3 Å². The monoisotopic (exact) mass is 366 g/mol. The summed E-state index contributed by atoms with van der Waals surface area (Å²) in [6.45, 7) is 3.89. The van der Waals surface area contributed by atoms with Crippen molar-refractivity contribution < 1.29 is 19.5 Å². The van der Waals surface area contributed by atoms with Gasteiger partial charge < -0.3 is 16.2 Å². The van der Waals surface area contributed by atoms with Gasteiger partial charge in [0.15, 0.2) is 0 Å². The number of carbonyl (C=O) groups is 3. The molecule has 25 heavy (non-hydrogen) atoms. The molecule has 138 valence electrons. The predicted molar refractivity (Wildman–Crippen MR) is 97.9 cm³/mol. The third kappa shape index (κ3) is 5.04. The highest BCUT2D eigenvalue weighted by Gasteiger charge is 2.28. The van der Waals surface area contributed by atoms with Gasteiger partial charge in [-0.05, 0) is 36.7 Å². The molecule has 1 aliphatic rings. The highest BCUT2D eigenvalue weighted by atomic mass is 32.1. The first-order valence-corrected chi connectivity index (χ1v) is 9.59. The van der Waals surface area contributed by atoms with Crippen molar-refractivity contribution >= 4 is 34.1 Å². The van der Waals surface area contributed by atoms with Crippen LogP contribution in [0.4, 0.5) is 5.00 Å². The number of hydrogen-bond acceptors (Lipinski definition) is 4. The number of rotatable bonds is 8. The molecule has 2 amide bonds. The zero-order chi connectivity index (χ0) is 18.6. The number of aliphatic carboxylic acids is 1. The number of carboxylic acid groups (broad SMARTS) is 1. The molecule has 7 heteroatoms. The van der Waals surface area contributed by atoms with Crippen LogP contribution in [0.15, 0.2) is 0 Å². The van der Waals surface area contributed by atoms with Crippen molar-refractivity contribution in [3.05, 3.63) is 16.0 Å². The minimum Gasteiger partial charge on any atom is -0.481 e. The Morgan fingerprint density at radius 2 is 2.08 bits per heavy atom. The quantitative estimate of drug-likeness (QED) is 0.656. The summed E-state index contributed by atoms with van der Waals surface area (Å²) in [6.07, 6.45) is 5.14. The second-order valence-electron chi connectivity index (χ2n) is 6.93. The zero-order valence-corrected chi connectivity index (χ0v) is 15.6. The number of hydrogen-bond donors (Lipinski definition) is 3. The van der Waals surface area contributed by atoms with Gasteiger partial charge in [0.1, 0.15) is 5.00 Å². The molecule has 0 spiro atoms. The van der Waals surface area contributed by atoms with Crippen LogP contribution in [0.3, 0.4) is 0 Å². The summed E-state index contributed by atoms with van der Waals surface area (Å²) in [7, 11) is 0. The highest BCUT2D eigenvalue weighted by Crippen LogP contribution is 2.40. The van der Waals surface area contributed by atoms with Crippen molar-refractivity contribution in [1.82, 2.24) is 0 Å². The Balaban J connectivity index is 2.14.